The second-order valence-electron chi connectivity index (χ2n) is 23.4. The van der Waals surface area contributed by atoms with Crippen molar-refractivity contribution in [2.75, 3.05) is 39.0 Å². The average Bonchev–Trinajstić information content (AvgIpc) is 4.19. The van der Waals surface area contributed by atoms with Crippen molar-refractivity contribution >= 4 is 82.1 Å². The van der Waals surface area contributed by atoms with Crippen LogP contribution in [-0.4, -0.2) is 147 Å². The van der Waals surface area contributed by atoms with E-state index in [-0.39, 0.29) is 91.8 Å². The molecule has 7 N–H and O–H groups in total. The van der Waals surface area contributed by atoms with Crippen molar-refractivity contribution in [3.05, 3.63) is 118 Å². The lowest BCUT2D eigenvalue weighted by Gasteiger charge is -2.38. The van der Waals surface area contributed by atoms with Crippen molar-refractivity contribution < 1.29 is 53.0 Å². The Hall–Kier alpha value is -7.01. The van der Waals surface area contributed by atoms with Gasteiger partial charge in [-0.2, -0.15) is 0 Å². The minimum atomic E-state index is -1.04. The zero-order chi connectivity index (χ0) is 64.3. The van der Waals surface area contributed by atoms with Crippen LogP contribution in [0.3, 0.4) is 0 Å². The number of unbranched alkanes of at least 4 members (excludes halogenated alkanes) is 3. The summed E-state index contributed by atoms with van der Waals surface area (Å²) in [4.78, 5) is 131. The van der Waals surface area contributed by atoms with Crippen LogP contribution in [0, 0.1) is 17.8 Å². The van der Waals surface area contributed by atoms with Gasteiger partial charge in [0.25, 0.3) is 5.91 Å². The van der Waals surface area contributed by atoms with Gasteiger partial charge in [0, 0.05) is 67.8 Å². The van der Waals surface area contributed by atoms with E-state index in [1.807, 2.05) is 106 Å². The van der Waals surface area contributed by atoms with Crippen LogP contribution in [0.4, 0.5) is 5.69 Å². The minimum Gasteiger partial charge on any atom is -0.481 e. The lowest BCUT2D eigenvalue weighted by atomic mass is 9.92. The summed E-state index contributed by atoms with van der Waals surface area (Å²) in [6, 6.07) is 3.81. The molecular formula is C66H93N9O11S2. The highest BCUT2D eigenvalue weighted by molar-refractivity contribution is 8.04. The quantitative estimate of drug-likeness (QED) is 0.0221. The molecule has 2 unspecified atom stereocenters. The van der Waals surface area contributed by atoms with Crippen molar-refractivity contribution in [1.82, 2.24) is 35.6 Å². The van der Waals surface area contributed by atoms with E-state index < -0.39 is 65.2 Å². The molecular weight excluding hydrogens is 1160 g/mol. The molecule has 22 heteroatoms. The third-order valence-corrected chi connectivity index (χ3v) is 18.3. The van der Waals surface area contributed by atoms with Crippen LogP contribution in [0.15, 0.2) is 101 Å². The smallest absolute Gasteiger partial charge is 0.306 e. The maximum absolute atomic E-state index is 14.4. The van der Waals surface area contributed by atoms with Gasteiger partial charge >= 0.3 is 11.9 Å². The zero-order valence-electron chi connectivity index (χ0n) is 52.5. The Labute approximate surface area is 527 Å². The van der Waals surface area contributed by atoms with Gasteiger partial charge in [0.1, 0.15) is 22.8 Å². The maximum atomic E-state index is 14.4. The Kier molecular flexibility index (Phi) is 30.2. The Balaban J connectivity index is 1.17. The number of nitrogens with two attached hydrogens (primary N) is 1. The van der Waals surface area contributed by atoms with E-state index in [1.54, 1.807) is 48.5 Å². The number of likely N-dealkylation sites (N-methyl/N-ethyl adjacent to an activating group) is 2. The van der Waals surface area contributed by atoms with Gasteiger partial charge in [0.05, 0.1) is 17.2 Å². The minimum absolute atomic E-state index is 0.0339. The van der Waals surface area contributed by atoms with Gasteiger partial charge in [0.2, 0.25) is 35.4 Å². The van der Waals surface area contributed by atoms with Gasteiger partial charge in [-0.3, -0.25) is 53.0 Å². The number of thioether (sulfide) groups is 1. The van der Waals surface area contributed by atoms with E-state index in [9.17, 15) is 48.3 Å². The summed E-state index contributed by atoms with van der Waals surface area (Å²) < 4.78 is 5.84. The number of rotatable bonds is 33. The number of thiazole rings is 1. The van der Waals surface area contributed by atoms with Gasteiger partial charge in [-0.15, -0.1) is 23.1 Å². The third-order valence-electron chi connectivity index (χ3n) is 16.1. The molecule has 5 rings (SSSR count). The first-order valence-corrected chi connectivity index (χ1v) is 32.7. The van der Waals surface area contributed by atoms with Crippen molar-refractivity contribution in [2.45, 2.75) is 179 Å². The van der Waals surface area contributed by atoms with Gasteiger partial charge in [-0.25, -0.2) is 4.98 Å². The van der Waals surface area contributed by atoms with Crippen LogP contribution in [-0.2, 0) is 49.5 Å². The Morgan fingerprint density at radius 3 is 2.22 bits per heavy atom. The van der Waals surface area contributed by atoms with Crippen LogP contribution in [0.2, 0.25) is 0 Å². The number of hydrogen-bond acceptors (Lipinski definition) is 15. The first-order chi connectivity index (χ1) is 42.1. The molecule has 0 bridgehead atoms. The highest BCUT2D eigenvalue weighted by atomic mass is 32.2. The lowest BCUT2D eigenvalue weighted by molar-refractivity contribution is -0.149. The summed E-state index contributed by atoms with van der Waals surface area (Å²) in [5, 5.41) is 23.1. The number of amides is 7. The third kappa shape index (κ3) is 23.2. The van der Waals surface area contributed by atoms with Gasteiger partial charge in [-0.05, 0) is 120 Å². The highest BCUT2D eigenvalue weighted by Crippen LogP contribution is 2.34. The van der Waals surface area contributed by atoms with E-state index in [4.69, 9.17) is 10.5 Å². The predicted octanol–water partition coefficient (Wildman–Crippen LogP) is 8.74. The summed E-state index contributed by atoms with van der Waals surface area (Å²) in [7, 11) is 3.62. The number of carbonyl (C=O) groups is 9. The van der Waals surface area contributed by atoms with Crippen molar-refractivity contribution in [1.29, 1.82) is 0 Å². The Morgan fingerprint density at radius 1 is 0.875 bits per heavy atom. The molecule has 1 aromatic heterocycles. The predicted molar refractivity (Wildman–Crippen MR) is 346 cm³/mol. The van der Waals surface area contributed by atoms with Crippen LogP contribution in [0.1, 0.15) is 159 Å². The fourth-order valence-electron chi connectivity index (χ4n) is 10.8. The van der Waals surface area contributed by atoms with Crippen LogP contribution in [0.5, 0.6) is 0 Å². The molecule has 1 aliphatic carbocycles. The number of esters is 1. The monoisotopic (exact) mass is 1250 g/mol. The van der Waals surface area contributed by atoms with Gasteiger partial charge < -0.3 is 41.7 Å². The first kappa shape index (κ1) is 71.7. The summed E-state index contributed by atoms with van der Waals surface area (Å²) in [6.45, 7) is 12.1. The number of hydrogen-bond donors (Lipinski definition) is 6. The topological polar surface area (TPSA) is 280 Å². The van der Waals surface area contributed by atoms with Crippen LogP contribution >= 0.6 is 23.1 Å². The molecule has 7 amide bonds. The molecule has 3 heterocycles. The molecule has 2 aliphatic heterocycles. The number of allylic oxidation sites excluding steroid dienone is 11. The van der Waals surface area contributed by atoms with Gasteiger partial charge in [-0.1, -0.05) is 121 Å². The summed E-state index contributed by atoms with van der Waals surface area (Å²) in [5.74, 6) is -4.91. The molecule has 88 heavy (non-hydrogen) atoms. The zero-order valence-corrected chi connectivity index (χ0v) is 54.1. The average molecular weight is 1250 g/mol. The number of aliphatic carboxylic acids is 1. The van der Waals surface area contributed by atoms with Crippen LogP contribution in [0.25, 0.3) is 0 Å². The molecule has 2 fully saturated rings. The van der Waals surface area contributed by atoms with E-state index in [0.29, 0.717) is 68.6 Å². The lowest BCUT2D eigenvalue weighted by Crippen LogP contribution is -2.58. The van der Waals surface area contributed by atoms with E-state index in [0.717, 1.165) is 41.2 Å². The molecule has 0 spiro atoms. The maximum Gasteiger partial charge on any atom is 0.306 e. The largest absolute Gasteiger partial charge is 0.481 e. The number of imide groups is 1. The number of piperidine rings is 1. The van der Waals surface area contributed by atoms with Crippen molar-refractivity contribution in [3.63, 3.8) is 0 Å². The number of carboxylic acid groups (broad SMARTS) is 1. The standard InChI is InChI=1S/C66H93N9O11S2/c1-9-44(4)59(72-62(81)53-29-22-25-36-73(53)7)65(83)74(8)54(43(2)3)40-55(86-46(6)76)63-71-52(42-87-63)61(80)69-49(38-45(5)66(84)85)39-47-31-33-48(34-32-47)68-60(79)51(28-21-23-35-67)70-57(77)30-20-17-24-37-75-58(78)41-56(64(75)82)88-50-26-18-15-13-11-10-12-14-16-19-27-50/h10-16,18-19,26-27,31-34,42-45,49,51,53-56,59H,9,17,20-25,28-30,35-41,67H2,1-8H3,(H,68,79)(H,69,80)(H,70,77)(H,72,81)(H,84,85)/b11-10-,12-10?,13-11?,14-12-,15-13-,16-14?,18-15?,19-16-,26-18?,27-19?,50-26?,50-27?/t44-,45?,49+,51-,53+,54+,55+,56?,59-/m0/s1. The number of carboxylic acids is 1. The molecule has 0 saturated carbocycles. The number of anilines is 1. The summed E-state index contributed by atoms with van der Waals surface area (Å²) >= 11 is 2.48. The normalized spacial score (nSPS) is 20.1. The number of likely N-dealkylation sites (tertiary alicyclic amines) is 2. The SMILES string of the molecule is CC[C@H](C)[C@H](NC(=O)[C@H]1CCCCN1C)C(=O)N(C)[C@H](C[C@@H](OC(C)=O)c1nc(C(=O)N[C@@H](Cc2ccc(NC(=O)[C@H](CCCCN)NC(=O)CCCCCN3C(=O)CC(SC4=C\C=C/C=C\C=C/C=C\C=C4)C3=O)cc2)CC(C)C(=O)O)cs1)C(C)C. The fraction of sp³-hybridized carbons (Fsp3) is 0.545. The van der Waals surface area contributed by atoms with E-state index >= 15 is 0 Å². The Morgan fingerprint density at radius 2 is 1.57 bits per heavy atom. The second-order valence-corrected chi connectivity index (χ2v) is 25.6. The molecule has 480 valence electrons. The first-order valence-electron chi connectivity index (χ1n) is 31.0. The van der Waals surface area contributed by atoms with Crippen molar-refractivity contribution in [3.8, 4) is 0 Å². The molecule has 9 atom stereocenters. The fourth-order valence-corrected chi connectivity index (χ4v) is 12.7. The molecule has 2 saturated heterocycles. The number of aromatic nitrogens is 1. The second kappa shape index (κ2) is 37.1. The van der Waals surface area contributed by atoms with E-state index in [1.165, 1.54) is 23.6 Å². The molecule has 0 radical (unpaired) electrons. The van der Waals surface area contributed by atoms with Crippen LogP contribution < -0.4 is 27.0 Å². The number of nitrogens with zero attached hydrogens (tertiary/aromatic N) is 4. The number of benzene rings is 1. The Bertz CT molecular complexity index is 2880. The number of ether oxygens (including phenoxy) is 1. The molecule has 2 aromatic rings. The summed E-state index contributed by atoms with van der Waals surface area (Å²) in [6.07, 6.45) is 27.2. The molecule has 1 aromatic carbocycles. The number of carbonyl (C=O) groups excluding carboxylic acids is 8. The molecule has 3 aliphatic rings. The summed E-state index contributed by atoms with van der Waals surface area (Å²) in [5.41, 5.74) is 6.99. The highest BCUT2D eigenvalue weighted by Gasteiger charge is 2.40. The van der Waals surface area contributed by atoms with E-state index in [2.05, 4.69) is 26.3 Å². The molecule has 20 nitrogen and oxygen atoms in total. The van der Waals surface area contributed by atoms with Crippen molar-refractivity contribution in [2.24, 2.45) is 23.5 Å². The van der Waals surface area contributed by atoms with Gasteiger partial charge in [0.15, 0.2) is 6.10 Å². The number of nitrogens with one attached hydrogen (secondary N) is 4.